The second kappa shape index (κ2) is 6.29. The van der Waals surface area contributed by atoms with Crippen LogP contribution in [0.1, 0.15) is 35.2 Å². The maximum absolute atomic E-state index is 5.73. The minimum atomic E-state index is 0.508. The van der Waals surface area contributed by atoms with Crippen LogP contribution in [-0.4, -0.2) is 19.7 Å². The van der Waals surface area contributed by atoms with Gasteiger partial charge < -0.3 is 0 Å². The van der Waals surface area contributed by atoms with Crippen LogP contribution in [0.2, 0.25) is 0 Å². The van der Waals surface area contributed by atoms with Crippen LogP contribution in [0, 0.1) is 13.8 Å². The SMILES string of the molecule is Cc1nc(C)n(CCCCc2nc(CCl)cs2)n1. The fourth-order valence-corrected chi connectivity index (χ4v) is 2.90. The fraction of sp³-hybridized carbons (Fsp3) is 0.583. The minimum Gasteiger partial charge on any atom is -0.250 e. The molecule has 0 saturated carbocycles. The van der Waals surface area contributed by atoms with E-state index in [0.717, 1.165) is 43.1 Å². The van der Waals surface area contributed by atoms with Crippen molar-refractivity contribution in [1.82, 2.24) is 19.7 Å². The molecule has 0 N–H and O–H groups in total. The molecule has 2 aromatic heterocycles. The van der Waals surface area contributed by atoms with Crippen LogP contribution < -0.4 is 0 Å². The van der Waals surface area contributed by atoms with Crippen molar-refractivity contribution in [3.05, 3.63) is 27.7 Å². The Hall–Kier alpha value is -0.940. The van der Waals surface area contributed by atoms with Crippen molar-refractivity contribution in [1.29, 1.82) is 0 Å². The second-order valence-corrected chi connectivity index (χ2v) is 5.46. The van der Waals surface area contributed by atoms with Gasteiger partial charge in [-0.25, -0.2) is 9.97 Å². The quantitative estimate of drug-likeness (QED) is 0.605. The Balaban J connectivity index is 1.74. The van der Waals surface area contributed by atoms with Crippen molar-refractivity contribution in [3.8, 4) is 0 Å². The number of alkyl halides is 1. The maximum atomic E-state index is 5.73. The normalized spacial score (nSPS) is 11.1. The minimum absolute atomic E-state index is 0.508. The number of thiazole rings is 1. The molecule has 2 aromatic rings. The zero-order chi connectivity index (χ0) is 13.0. The smallest absolute Gasteiger partial charge is 0.147 e. The molecule has 0 amide bonds. The van der Waals surface area contributed by atoms with Crippen molar-refractivity contribution in [3.63, 3.8) is 0 Å². The lowest BCUT2D eigenvalue weighted by Gasteiger charge is -2.01. The number of aryl methyl sites for hydroxylation is 4. The Kier molecular flexibility index (Phi) is 4.72. The monoisotopic (exact) mass is 284 g/mol. The Labute approximate surface area is 116 Å². The van der Waals surface area contributed by atoms with Crippen molar-refractivity contribution in [2.75, 3.05) is 0 Å². The van der Waals surface area contributed by atoms with E-state index < -0.39 is 0 Å². The lowest BCUT2D eigenvalue weighted by atomic mass is 10.2. The zero-order valence-corrected chi connectivity index (χ0v) is 12.3. The van der Waals surface area contributed by atoms with E-state index in [-0.39, 0.29) is 0 Å². The van der Waals surface area contributed by atoms with E-state index in [1.54, 1.807) is 11.3 Å². The van der Waals surface area contributed by atoms with Gasteiger partial charge in [0.25, 0.3) is 0 Å². The Bertz CT molecular complexity index is 506. The number of nitrogens with zero attached hydrogens (tertiary/aromatic N) is 4. The maximum Gasteiger partial charge on any atom is 0.147 e. The van der Waals surface area contributed by atoms with Crippen LogP contribution in [0.3, 0.4) is 0 Å². The molecule has 0 fully saturated rings. The van der Waals surface area contributed by atoms with Gasteiger partial charge >= 0.3 is 0 Å². The highest BCUT2D eigenvalue weighted by atomic mass is 35.5. The second-order valence-electron chi connectivity index (χ2n) is 4.25. The average molecular weight is 285 g/mol. The number of halogens is 1. The third-order valence-electron chi connectivity index (χ3n) is 2.71. The van der Waals surface area contributed by atoms with Crippen molar-refractivity contribution < 1.29 is 0 Å². The highest BCUT2D eigenvalue weighted by Crippen LogP contribution is 2.14. The van der Waals surface area contributed by atoms with Gasteiger partial charge in [0.15, 0.2) is 0 Å². The number of aromatic nitrogens is 4. The third-order valence-corrected chi connectivity index (χ3v) is 3.94. The average Bonchev–Trinajstić information content (AvgIpc) is 2.92. The molecule has 0 aliphatic heterocycles. The van der Waals surface area contributed by atoms with Gasteiger partial charge in [-0.15, -0.1) is 22.9 Å². The molecule has 2 heterocycles. The zero-order valence-electron chi connectivity index (χ0n) is 10.7. The standard InChI is InChI=1S/C12H17ClN4S/c1-9-14-10(2)17(16-9)6-4-3-5-12-15-11(7-13)8-18-12/h8H,3-7H2,1-2H3. The largest absolute Gasteiger partial charge is 0.250 e. The summed E-state index contributed by atoms with van der Waals surface area (Å²) in [6.45, 7) is 4.85. The molecule has 0 aliphatic rings. The van der Waals surface area contributed by atoms with Crippen LogP contribution in [0.25, 0.3) is 0 Å². The highest BCUT2D eigenvalue weighted by Gasteiger charge is 2.03. The van der Waals surface area contributed by atoms with E-state index in [9.17, 15) is 0 Å². The first kappa shape index (κ1) is 13.5. The Morgan fingerprint density at radius 2 is 2.11 bits per heavy atom. The van der Waals surface area contributed by atoms with E-state index in [1.807, 2.05) is 23.9 Å². The molecule has 18 heavy (non-hydrogen) atoms. The molecule has 4 nitrogen and oxygen atoms in total. The molecule has 0 unspecified atom stereocenters. The Morgan fingerprint density at radius 1 is 1.28 bits per heavy atom. The van der Waals surface area contributed by atoms with Crippen molar-refractivity contribution in [2.24, 2.45) is 0 Å². The van der Waals surface area contributed by atoms with E-state index >= 15 is 0 Å². The lowest BCUT2D eigenvalue weighted by Crippen LogP contribution is -2.03. The van der Waals surface area contributed by atoms with Crippen LogP contribution in [0.4, 0.5) is 0 Å². The highest BCUT2D eigenvalue weighted by molar-refractivity contribution is 7.09. The first-order valence-electron chi connectivity index (χ1n) is 6.06. The molecule has 2 rings (SSSR count). The molecule has 0 aliphatic carbocycles. The summed E-state index contributed by atoms with van der Waals surface area (Å²) in [7, 11) is 0. The van der Waals surface area contributed by atoms with Gasteiger partial charge in [-0.2, -0.15) is 5.10 Å². The molecule has 0 atom stereocenters. The molecule has 0 spiro atoms. The molecular formula is C12H17ClN4S. The molecule has 0 saturated heterocycles. The molecular weight excluding hydrogens is 268 g/mol. The van der Waals surface area contributed by atoms with Gasteiger partial charge in [-0.05, 0) is 33.1 Å². The predicted molar refractivity (Wildman–Crippen MR) is 74.1 cm³/mol. The summed E-state index contributed by atoms with van der Waals surface area (Å²) in [4.78, 5) is 8.74. The van der Waals surface area contributed by atoms with Gasteiger partial charge in [0.2, 0.25) is 0 Å². The fourth-order valence-electron chi connectivity index (χ4n) is 1.84. The van der Waals surface area contributed by atoms with Gasteiger partial charge in [-0.1, -0.05) is 0 Å². The van der Waals surface area contributed by atoms with Crippen LogP contribution in [0.15, 0.2) is 5.38 Å². The van der Waals surface area contributed by atoms with Gasteiger partial charge in [0.05, 0.1) is 16.6 Å². The van der Waals surface area contributed by atoms with Gasteiger partial charge in [0, 0.05) is 11.9 Å². The molecule has 0 radical (unpaired) electrons. The first-order valence-corrected chi connectivity index (χ1v) is 7.47. The van der Waals surface area contributed by atoms with Crippen molar-refractivity contribution in [2.45, 2.75) is 45.5 Å². The molecule has 0 bridgehead atoms. The third kappa shape index (κ3) is 3.53. The van der Waals surface area contributed by atoms with E-state index in [4.69, 9.17) is 11.6 Å². The number of hydrogen-bond donors (Lipinski definition) is 0. The molecule has 0 aromatic carbocycles. The van der Waals surface area contributed by atoms with E-state index in [2.05, 4.69) is 15.1 Å². The number of unbranched alkanes of at least 4 members (excludes halogenated alkanes) is 1. The summed E-state index contributed by atoms with van der Waals surface area (Å²) in [6, 6.07) is 0. The first-order chi connectivity index (χ1) is 8.69. The van der Waals surface area contributed by atoms with Gasteiger partial charge in [-0.3, -0.25) is 4.68 Å². The molecule has 98 valence electrons. The summed E-state index contributed by atoms with van der Waals surface area (Å²) < 4.78 is 1.97. The van der Waals surface area contributed by atoms with Crippen LogP contribution >= 0.6 is 22.9 Å². The lowest BCUT2D eigenvalue weighted by molar-refractivity contribution is 0.541. The summed E-state index contributed by atoms with van der Waals surface area (Å²) in [5.41, 5.74) is 0.986. The van der Waals surface area contributed by atoms with Crippen LogP contribution in [-0.2, 0) is 18.8 Å². The van der Waals surface area contributed by atoms with Crippen molar-refractivity contribution >= 4 is 22.9 Å². The predicted octanol–water partition coefficient (Wildman–Crippen LogP) is 3.11. The van der Waals surface area contributed by atoms with E-state index in [0.29, 0.717) is 5.88 Å². The number of hydrogen-bond acceptors (Lipinski definition) is 4. The van der Waals surface area contributed by atoms with Gasteiger partial charge in [0.1, 0.15) is 11.6 Å². The Morgan fingerprint density at radius 3 is 2.72 bits per heavy atom. The summed E-state index contributed by atoms with van der Waals surface area (Å²) in [5, 5.41) is 7.56. The molecule has 6 heteroatoms. The number of rotatable bonds is 6. The van der Waals surface area contributed by atoms with E-state index in [1.165, 1.54) is 5.01 Å². The van der Waals surface area contributed by atoms with Crippen LogP contribution in [0.5, 0.6) is 0 Å². The summed E-state index contributed by atoms with van der Waals surface area (Å²) >= 11 is 7.42. The summed E-state index contributed by atoms with van der Waals surface area (Å²) in [6.07, 6.45) is 3.24. The topological polar surface area (TPSA) is 43.6 Å². The summed E-state index contributed by atoms with van der Waals surface area (Å²) in [5.74, 6) is 2.35.